The molecule has 0 aliphatic heterocycles. The van der Waals surface area contributed by atoms with E-state index in [2.05, 4.69) is 15.3 Å². The molecule has 0 unspecified atom stereocenters. The molecule has 1 saturated carbocycles. The zero-order chi connectivity index (χ0) is 17.4. The summed E-state index contributed by atoms with van der Waals surface area (Å²) >= 11 is 0. The smallest absolute Gasteiger partial charge is 0.235 e. The number of rotatable bonds is 5. The molecule has 0 saturated heterocycles. The highest BCUT2D eigenvalue weighted by Crippen LogP contribution is 2.45. The van der Waals surface area contributed by atoms with Crippen LogP contribution >= 0.6 is 0 Å². The normalized spacial score (nSPS) is 15.0. The van der Waals surface area contributed by atoms with Gasteiger partial charge < -0.3 is 11.1 Å². The van der Waals surface area contributed by atoms with Gasteiger partial charge in [0.25, 0.3) is 0 Å². The standard InChI is InChI=1S/C18H17N5O2/c19-16(24)18(7-8-18)17(25)21-10-12-4-3-9-20-15(12)23-11-22-13-5-1-2-6-14(13)23/h1-6,9,11H,7-8,10H2,(H2,19,24)(H,21,25). The average molecular weight is 335 g/mol. The van der Waals surface area contributed by atoms with Crippen molar-refractivity contribution in [1.82, 2.24) is 19.9 Å². The summed E-state index contributed by atoms with van der Waals surface area (Å²) in [5.41, 5.74) is 6.96. The summed E-state index contributed by atoms with van der Waals surface area (Å²) in [5.74, 6) is -0.178. The topological polar surface area (TPSA) is 103 Å². The first-order valence-electron chi connectivity index (χ1n) is 8.06. The van der Waals surface area contributed by atoms with Crippen molar-refractivity contribution in [2.45, 2.75) is 19.4 Å². The number of carbonyl (C=O) groups excluding carboxylic acids is 2. The van der Waals surface area contributed by atoms with E-state index in [1.165, 1.54) is 0 Å². The summed E-state index contributed by atoms with van der Waals surface area (Å²) in [6.45, 7) is 0.267. The predicted octanol–water partition coefficient (Wildman–Crippen LogP) is 1.30. The number of nitrogens with one attached hydrogen (secondary N) is 1. The van der Waals surface area contributed by atoms with Gasteiger partial charge in [0.1, 0.15) is 17.6 Å². The minimum atomic E-state index is -1.02. The van der Waals surface area contributed by atoms with Crippen LogP contribution in [0.4, 0.5) is 0 Å². The number of hydrogen-bond acceptors (Lipinski definition) is 4. The molecule has 2 amide bonds. The summed E-state index contributed by atoms with van der Waals surface area (Å²) in [6.07, 6.45) is 4.44. The molecule has 3 N–H and O–H groups in total. The first kappa shape index (κ1) is 15.3. The van der Waals surface area contributed by atoms with Crippen LogP contribution in [0.3, 0.4) is 0 Å². The van der Waals surface area contributed by atoms with Crippen molar-refractivity contribution in [3.05, 3.63) is 54.5 Å². The fourth-order valence-corrected chi connectivity index (χ4v) is 2.97. The maximum atomic E-state index is 12.3. The number of carbonyl (C=O) groups is 2. The van der Waals surface area contributed by atoms with Gasteiger partial charge in [-0.15, -0.1) is 0 Å². The van der Waals surface area contributed by atoms with Gasteiger partial charge in [-0.05, 0) is 31.0 Å². The summed E-state index contributed by atoms with van der Waals surface area (Å²) in [7, 11) is 0. The lowest BCUT2D eigenvalue weighted by Crippen LogP contribution is -2.40. The number of para-hydroxylation sites is 2. The predicted molar refractivity (Wildman–Crippen MR) is 91.6 cm³/mol. The second-order valence-corrected chi connectivity index (χ2v) is 6.22. The van der Waals surface area contributed by atoms with E-state index in [4.69, 9.17) is 5.73 Å². The third-order valence-corrected chi connectivity index (χ3v) is 4.64. The molecule has 1 aliphatic rings. The van der Waals surface area contributed by atoms with Crippen molar-refractivity contribution >= 4 is 22.8 Å². The van der Waals surface area contributed by atoms with Crippen molar-refractivity contribution in [3.8, 4) is 5.82 Å². The number of benzene rings is 1. The number of nitrogens with zero attached hydrogens (tertiary/aromatic N) is 3. The van der Waals surface area contributed by atoms with Crippen LogP contribution < -0.4 is 11.1 Å². The van der Waals surface area contributed by atoms with Crippen molar-refractivity contribution in [2.75, 3.05) is 0 Å². The van der Waals surface area contributed by atoms with Gasteiger partial charge >= 0.3 is 0 Å². The van der Waals surface area contributed by atoms with E-state index >= 15 is 0 Å². The Morgan fingerprint density at radius 3 is 2.72 bits per heavy atom. The lowest BCUT2D eigenvalue weighted by molar-refractivity contribution is -0.135. The van der Waals surface area contributed by atoms with E-state index in [1.807, 2.05) is 41.0 Å². The Morgan fingerprint density at radius 1 is 1.16 bits per heavy atom. The van der Waals surface area contributed by atoms with Crippen LogP contribution in [0.2, 0.25) is 0 Å². The molecule has 2 aromatic heterocycles. The first-order chi connectivity index (χ1) is 12.1. The highest BCUT2D eigenvalue weighted by Gasteiger charge is 2.55. The molecule has 0 spiro atoms. The molecule has 1 aromatic carbocycles. The molecule has 3 aromatic rings. The van der Waals surface area contributed by atoms with Gasteiger partial charge in [-0.1, -0.05) is 18.2 Å². The fourth-order valence-electron chi connectivity index (χ4n) is 2.97. The zero-order valence-electron chi connectivity index (χ0n) is 13.5. The SMILES string of the molecule is NC(=O)C1(C(=O)NCc2cccnc2-n2cnc3ccccc32)CC1. The Kier molecular flexibility index (Phi) is 3.49. The monoisotopic (exact) mass is 335 g/mol. The van der Waals surface area contributed by atoms with Crippen molar-refractivity contribution in [2.24, 2.45) is 11.1 Å². The molecule has 7 heteroatoms. The Hall–Kier alpha value is -3.22. The lowest BCUT2D eigenvalue weighted by Gasteiger charge is -2.14. The Morgan fingerprint density at radius 2 is 1.96 bits per heavy atom. The summed E-state index contributed by atoms with van der Waals surface area (Å²) in [5, 5.41) is 2.82. The largest absolute Gasteiger partial charge is 0.369 e. The van der Waals surface area contributed by atoms with E-state index in [0.717, 1.165) is 16.6 Å². The maximum Gasteiger partial charge on any atom is 0.235 e. The van der Waals surface area contributed by atoms with Crippen LogP contribution in [0.15, 0.2) is 48.9 Å². The minimum Gasteiger partial charge on any atom is -0.369 e. The lowest BCUT2D eigenvalue weighted by atomic mass is 10.1. The van der Waals surface area contributed by atoms with E-state index in [-0.39, 0.29) is 12.5 Å². The van der Waals surface area contributed by atoms with Gasteiger partial charge in [-0.2, -0.15) is 0 Å². The number of pyridine rings is 1. The quantitative estimate of drug-likeness (QED) is 0.686. The average Bonchev–Trinajstić information content (AvgIpc) is 3.34. The van der Waals surface area contributed by atoms with E-state index in [1.54, 1.807) is 12.5 Å². The number of aromatic nitrogens is 3. The molecule has 0 atom stereocenters. The Balaban J connectivity index is 1.62. The second kappa shape index (κ2) is 5.70. The van der Waals surface area contributed by atoms with Crippen LogP contribution in [0.1, 0.15) is 18.4 Å². The molecular formula is C18H17N5O2. The third kappa shape index (κ3) is 2.53. The third-order valence-electron chi connectivity index (χ3n) is 4.64. The van der Waals surface area contributed by atoms with Crippen LogP contribution in [0.25, 0.3) is 16.9 Å². The maximum absolute atomic E-state index is 12.3. The van der Waals surface area contributed by atoms with E-state index in [9.17, 15) is 9.59 Å². The highest BCUT2D eigenvalue weighted by molar-refractivity contribution is 6.07. The number of amides is 2. The molecule has 126 valence electrons. The molecule has 7 nitrogen and oxygen atoms in total. The number of imidazole rings is 1. The van der Waals surface area contributed by atoms with E-state index < -0.39 is 11.3 Å². The summed E-state index contributed by atoms with van der Waals surface area (Å²) in [4.78, 5) is 32.6. The Bertz CT molecular complexity index is 974. The number of hydrogen-bond donors (Lipinski definition) is 2. The van der Waals surface area contributed by atoms with E-state index in [0.29, 0.717) is 18.7 Å². The van der Waals surface area contributed by atoms with Gasteiger partial charge in [-0.25, -0.2) is 9.97 Å². The highest BCUT2D eigenvalue weighted by atomic mass is 16.2. The molecule has 1 aliphatic carbocycles. The van der Waals surface area contributed by atoms with Crippen LogP contribution in [-0.4, -0.2) is 26.3 Å². The molecule has 0 bridgehead atoms. The van der Waals surface area contributed by atoms with Crippen molar-refractivity contribution in [3.63, 3.8) is 0 Å². The first-order valence-corrected chi connectivity index (χ1v) is 8.06. The fraction of sp³-hybridized carbons (Fsp3) is 0.222. The molecule has 1 fully saturated rings. The second-order valence-electron chi connectivity index (χ2n) is 6.22. The zero-order valence-corrected chi connectivity index (χ0v) is 13.5. The van der Waals surface area contributed by atoms with Crippen LogP contribution in [0.5, 0.6) is 0 Å². The summed E-state index contributed by atoms with van der Waals surface area (Å²) in [6, 6.07) is 11.5. The minimum absolute atomic E-state index is 0.267. The van der Waals surface area contributed by atoms with Gasteiger partial charge in [0.15, 0.2) is 0 Å². The molecule has 0 radical (unpaired) electrons. The number of nitrogens with two attached hydrogens (primary N) is 1. The molecule has 25 heavy (non-hydrogen) atoms. The van der Waals surface area contributed by atoms with Crippen molar-refractivity contribution < 1.29 is 9.59 Å². The van der Waals surface area contributed by atoms with Gasteiger partial charge in [-0.3, -0.25) is 14.2 Å². The molecule has 2 heterocycles. The van der Waals surface area contributed by atoms with Gasteiger partial charge in [0.05, 0.1) is 11.0 Å². The Labute approximate surface area is 143 Å². The van der Waals surface area contributed by atoms with Crippen molar-refractivity contribution in [1.29, 1.82) is 0 Å². The summed E-state index contributed by atoms with van der Waals surface area (Å²) < 4.78 is 1.89. The number of fused-ring (bicyclic) bond motifs is 1. The molecule has 4 rings (SSSR count). The van der Waals surface area contributed by atoms with Gasteiger partial charge in [0.2, 0.25) is 11.8 Å². The molecular weight excluding hydrogens is 318 g/mol. The van der Waals surface area contributed by atoms with Crippen LogP contribution in [-0.2, 0) is 16.1 Å². The number of primary amides is 1. The van der Waals surface area contributed by atoms with Crippen LogP contribution in [0, 0.1) is 5.41 Å². The van der Waals surface area contributed by atoms with Gasteiger partial charge in [0, 0.05) is 18.3 Å².